The molecule has 9 heteroatoms. The van der Waals surface area contributed by atoms with E-state index in [-0.39, 0.29) is 46.4 Å². The fourth-order valence-corrected chi connectivity index (χ4v) is 5.42. The Morgan fingerprint density at radius 3 is 2.67 bits per heavy atom. The van der Waals surface area contributed by atoms with Crippen LogP contribution in [0.4, 0.5) is 15.9 Å². The van der Waals surface area contributed by atoms with Crippen LogP contribution in [0.15, 0.2) is 24.5 Å². The Kier molecular flexibility index (Phi) is 5.79. The van der Waals surface area contributed by atoms with Crippen molar-refractivity contribution in [2.45, 2.75) is 51.0 Å². The van der Waals surface area contributed by atoms with Crippen LogP contribution in [0.5, 0.6) is 5.88 Å². The number of nitrogens with zero attached hydrogens (tertiary/aromatic N) is 4. The zero-order chi connectivity index (χ0) is 24.9. The van der Waals surface area contributed by atoms with Crippen LogP contribution in [0.1, 0.15) is 56.1 Å². The second-order valence-corrected chi connectivity index (χ2v) is 11.1. The lowest BCUT2D eigenvalue weighted by molar-refractivity contribution is -0.150. The number of hydrogen-bond acceptors (Lipinski definition) is 7. The smallest absolute Gasteiger partial charge is 0.223 e. The van der Waals surface area contributed by atoms with E-state index in [1.54, 1.807) is 12.1 Å². The third kappa shape index (κ3) is 4.62. The highest BCUT2D eigenvalue weighted by atomic mass is 19.1. The van der Waals surface area contributed by atoms with Gasteiger partial charge in [-0.05, 0) is 55.2 Å². The molecular weight excluding hydrogens is 461 g/mol. The normalized spacial score (nSPS) is 26.1. The number of likely N-dealkylation sites (tertiary alicyclic amines) is 1. The van der Waals surface area contributed by atoms with Crippen LogP contribution in [0.2, 0.25) is 0 Å². The zero-order valence-electron chi connectivity index (χ0n) is 20.4. The fraction of sp³-hybridized carbons (Fsp3) is 0.556. The summed E-state index contributed by atoms with van der Waals surface area (Å²) in [6.45, 7) is 4.54. The van der Waals surface area contributed by atoms with Crippen LogP contribution in [0, 0.1) is 34.4 Å². The van der Waals surface area contributed by atoms with Crippen LogP contribution >= 0.6 is 0 Å². The first kappa shape index (κ1) is 23.2. The summed E-state index contributed by atoms with van der Waals surface area (Å²) in [6.07, 6.45) is 6.21. The van der Waals surface area contributed by atoms with E-state index in [0.717, 1.165) is 31.2 Å². The van der Waals surface area contributed by atoms with Crippen molar-refractivity contribution < 1.29 is 18.7 Å². The van der Waals surface area contributed by atoms with E-state index in [1.165, 1.54) is 12.4 Å². The Morgan fingerprint density at radius 1 is 1.28 bits per heavy atom. The highest BCUT2D eigenvalue weighted by molar-refractivity contribution is 5.77. The largest absolute Gasteiger partial charge is 0.473 e. The maximum absolute atomic E-state index is 14.6. The monoisotopic (exact) mass is 491 g/mol. The molecule has 36 heavy (non-hydrogen) atoms. The van der Waals surface area contributed by atoms with Crippen molar-refractivity contribution >= 4 is 17.4 Å². The summed E-state index contributed by atoms with van der Waals surface area (Å²) in [5, 5.41) is 12.1. The van der Waals surface area contributed by atoms with Crippen molar-refractivity contribution in [3.8, 4) is 11.9 Å². The molecule has 2 bridgehead atoms. The van der Waals surface area contributed by atoms with Crippen molar-refractivity contribution in [3.63, 3.8) is 0 Å². The van der Waals surface area contributed by atoms with Gasteiger partial charge in [-0.1, -0.05) is 6.92 Å². The average molecular weight is 492 g/mol. The van der Waals surface area contributed by atoms with E-state index in [4.69, 9.17) is 14.7 Å². The lowest BCUT2D eigenvalue weighted by atomic mass is 9.84. The number of nitriles is 1. The molecule has 188 valence electrons. The predicted molar refractivity (Wildman–Crippen MR) is 129 cm³/mol. The van der Waals surface area contributed by atoms with Gasteiger partial charge in [-0.15, -0.1) is 0 Å². The van der Waals surface area contributed by atoms with E-state index < -0.39 is 5.82 Å². The highest BCUT2D eigenvalue weighted by Gasteiger charge is 2.46. The van der Waals surface area contributed by atoms with Crippen molar-refractivity contribution in [2.75, 3.05) is 31.6 Å². The van der Waals surface area contributed by atoms with Gasteiger partial charge in [0.25, 0.3) is 0 Å². The molecule has 2 saturated heterocycles. The number of amides is 1. The van der Waals surface area contributed by atoms with Crippen LogP contribution in [-0.4, -0.2) is 53.2 Å². The Morgan fingerprint density at radius 2 is 2.03 bits per heavy atom. The molecule has 6 rings (SSSR count). The van der Waals surface area contributed by atoms with Crippen molar-refractivity contribution in [3.05, 3.63) is 41.5 Å². The minimum Gasteiger partial charge on any atom is -0.473 e. The Labute approximate surface area is 209 Å². The number of carbonyl (C=O) groups excluding carboxylic acids is 1. The van der Waals surface area contributed by atoms with Gasteiger partial charge < -0.3 is 19.7 Å². The third-order valence-corrected chi connectivity index (χ3v) is 7.97. The Balaban J connectivity index is 1.22. The number of fused-ring (bicyclic) bond motifs is 2. The van der Waals surface area contributed by atoms with Crippen molar-refractivity contribution in [1.29, 1.82) is 5.26 Å². The SMILES string of the molecule is CC1(CC(=O)N2CC3COCC(C2)C3Oc2ncnc(Nc3ccc(C#N)cc3F)c2C2CC2)CC1. The summed E-state index contributed by atoms with van der Waals surface area (Å²) in [5.41, 5.74) is 1.56. The number of carbonyl (C=O) groups is 1. The molecule has 4 fully saturated rings. The van der Waals surface area contributed by atoms with Crippen molar-refractivity contribution in [1.82, 2.24) is 14.9 Å². The molecule has 2 aliphatic carbocycles. The van der Waals surface area contributed by atoms with E-state index in [1.807, 2.05) is 11.0 Å². The second-order valence-electron chi connectivity index (χ2n) is 11.1. The first-order valence-electron chi connectivity index (χ1n) is 12.8. The zero-order valence-corrected chi connectivity index (χ0v) is 20.4. The van der Waals surface area contributed by atoms with E-state index in [2.05, 4.69) is 22.2 Å². The van der Waals surface area contributed by atoms with Crippen LogP contribution < -0.4 is 10.1 Å². The Hall–Kier alpha value is -3.25. The summed E-state index contributed by atoms with van der Waals surface area (Å²) in [4.78, 5) is 23.9. The van der Waals surface area contributed by atoms with E-state index in [9.17, 15) is 9.18 Å². The molecule has 2 unspecified atom stereocenters. The topological polar surface area (TPSA) is 100 Å². The average Bonchev–Trinajstić information content (AvgIpc) is 3.78. The molecule has 8 nitrogen and oxygen atoms in total. The molecule has 1 N–H and O–H groups in total. The molecule has 2 aliphatic heterocycles. The number of ether oxygens (including phenoxy) is 2. The molecule has 4 aliphatic rings. The summed E-state index contributed by atoms with van der Waals surface area (Å²) >= 11 is 0. The molecule has 1 amide bonds. The van der Waals surface area contributed by atoms with Crippen molar-refractivity contribution in [2.24, 2.45) is 17.3 Å². The van der Waals surface area contributed by atoms with Gasteiger partial charge in [0, 0.05) is 31.3 Å². The van der Waals surface area contributed by atoms with Gasteiger partial charge in [0.05, 0.1) is 36.1 Å². The van der Waals surface area contributed by atoms with Gasteiger partial charge in [-0.2, -0.15) is 5.26 Å². The maximum atomic E-state index is 14.6. The van der Waals surface area contributed by atoms with Gasteiger partial charge in [-0.25, -0.2) is 14.4 Å². The molecule has 0 spiro atoms. The first-order chi connectivity index (χ1) is 17.4. The van der Waals surface area contributed by atoms with E-state index >= 15 is 0 Å². The van der Waals surface area contributed by atoms with Gasteiger partial charge in [0.15, 0.2) is 0 Å². The fourth-order valence-electron chi connectivity index (χ4n) is 5.42. The number of anilines is 2. The van der Waals surface area contributed by atoms with Crippen LogP contribution in [0.25, 0.3) is 0 Å². The minimum absolute atomic E-state index is 0.0721. The number of nitrogens with one attached hydrogen (secondary N) is 1. The molecular formula is C27H30FN5O3. The molecule has 2 aromatic rings. The van der Waals surface area contributed by atoms with Gasteiger partial charge in [-0.3, -0.25) is 4.79 Å². The number of hydrogen-bond donors (Lipinski definition) is 1. The summed E-state index contributed by atoms with van der Waals surface area (Å²) in [5.74, 6) is 1.17. The van der Waals surface area contributed by atoms with Gasteiger partial charge in [0.2, 0.25) is 11.8 Å². The summed E-state index contributed by atoms with van der Waals surface area (Å²) in [6, 6.07) is 6.27. The standard InChI is InChI=1S/C27H30FN5O3/c1-27(6-7-27)9-22(34)33-11-18-13-35-14-19(12-33)24(18)36-26-23(17-3-4-17)25(30-15-31-26)32-21-5-2-16(10-29)8-20(21)28/h2,5,8,15,17-19,24H,3-4,6-7,9,11-14H2,1H3,(H,30,31,32). The van der Waals surface area contributed by atoms with E-state index in [0.29, 0.717) is 44.4 Å². The number of halogens is 1. The summed E-state index contributed by atoms with van der Waals surface area (Å²) < 4.78 is 27.0. The number of rotatable bonds is 7. The number of aromatic nitrogens is 2. The second kappa shape index (κ2) is 9.00. The van der Waals surface area contributed by atoms with Crippen LogP contribution in [-0.2, 0) is 9.53 Å². The first-order valence-corrected chi connectivity index (χ1v) is 12.8. The molecule has 2 saturated carbocycles. The minimum atomic E-state index is -0.513. The molecule has 1 aromatic heterocycles. The number of benzene rings is 1. The quantitative estimate of drug-likeness (QED) is 0.621. The van der Waals surface area contributed by atoms with Crippen LogP contribution in [0.3, 0.4) is 0 Å². The molecule has 0 radical (unpaired) electrons. The lowest BCUT2D eigenvalue weighted by Crippen LogP contribution is -2.58. The number of piperidine rings is 1. The third-order valence-electron chi connectivity index (χ3n) is 7.97. The van der Waals surface area contributed by atoms with Gasteiger partial charge in [0.1, 0.15) is 24.1 Å². The molecule has 3 heterocycles. The lowest BCUT2D eigenvalue weighted by Gasteiger charge is -2.46. The Bertz CT molecular complexity index is 1210. The molecule has 2 atom stereocenters. The molecule has 1 aromatic carbocycles. The van der Waals surface area contributed by atoms with Gasteiger partial charge >= 0.3 is 0 Å². The predicted octanol–water partition coefficient (Wildman–Crippen LogP) is 4.15. The highest BCUT2D eigenvalue weighted by Crippen LogP contribution is 2.49. The summed E-state index contributed by atoms with van der Waals surface area (Å²) in [7, 11) is 0. The maximum Gasteiger partial charge on any atom is 0.223 e.